The molecule has 30 heavy (non-hydrogen) atoms. The largest absolute Gasteiger partial charge is 0.497 e. The van der Waals surface area contributed by atoms with Crippen LogP contribution in [0.5, 0.6) is 5.75 Å². The van der Waals surface area contributed by atoms with Crippen molar-refractivity contribution in [1.29, 1.82) is 0 Å². The highest BCUT2D eigenvalue weighted by Crippen LogP contribution is 2.23. The highest BCUT2D eigenvalue weighted by molar-refractivity contribution is 5.81. The van der Waals surface area contributed by atoms with E-state index in [9.17, 15) is 4.79 Å². The van der Waals surface area contributed by atoms with Crippen molar-refractivity contribution in [2.75, 3.05) is 12.8 Å². The fraction of sp³-hybridized carbons (Fsp3) is 0.200. The van der Waals surface area contributed by atoms with Crippen LogP contribution in [0.15, 0.2) is 71.5 Å². The first-order valence-electron chi connectivity index (χ1n) is 10.1. The van der Waals surface area contributed by atoms with Crippen LogP contribution in [0.25, 0.3) is 22.0 Å². The molecule has 0 spiro atoms. The number of fused-ring (bicyclic) bond motifs is 1. The summed E-state index contributed by atoms with van der Waals surface area (Å²) in [6.45, 7) is 2.57. The third-order valence-corrected chi connectivity index (χ3v) is 5.25. The first kappa shape index (κ1) is 19.7. The molecule has 0 saturated heterocycles. The molecule has 3 aromatic carbocycles. The average molecular weight is 399 g/mol. The minimum absolute atomic E-state index is 0.0463. The van der Waals surface area contributed by atoms with Crippen LogP contribution >= 0.6 is 0 Å². The van der Waals surface area contributed by atoms with Crippen LogP contribution in [0, 0.1) is 0 Å². The Morgan fingerprint density at radius 3 is 2.27 bits per heavy atom. The lowest BCUT2D eigenvalue weighted by Gasteiger charge is -2.14. The van der Waals surface area contributed by atoms with Crippen molar-refractivity contribution in [3.8, 4) is 16.9 Å². The van der Waals surface area contributed by atoms with Crippen LogP contribution in [0.3, 0.4) is 0 Å². The summed E-state index contributed by atoms with van der Waals surface area (Å²) in [6.07, 6.45) is 1.67. The van der Waals surface area contributed by atoms with E-state index in [1.165, 1.54) is 0 Å². The maximum atomic E-state index is 13.2. The first-order valence-corrected chi connectivity index (χ1v) is 10.1. The monoisotopic (exact) mass is 399 g/mol. The number of aryl methyl sites for hydroxylation is 1. The topological polar surface area (TPSA) is 70.1 Å². The Morgan fingerprint density at radius 2 is 1.63 bits per heavy atom. The van der Waals surface area contributed by atoms with E-state index >= 15 is 0 Å². The molecule has 0 radical (unpaired) electrons. The van der Waals surface area contributed by atoms with Gasteiger partial charge in [0.1, 0.15) is 11.6 Å². The maximum absolute atomic E-state index is 13.2. The van der Waals surface area contributed by atoms with E-state index in [0.29, 0.717) is 23.1 Å². The summed E-state index contributed by atoms with van der Waals surface area (Å²) >= 11 is 0. The summed E-state index contributed by atoms with van der Waals surface area (Å²) in [6, 6.07) is 21.6. The van der Waals surface area contributed by atoms with Gasteiger partial charge in [0.05, 0.1) is 24.6 Å². The van der Waals surface area contributed by atoms with Crippen molar-refractivity contribution >= 4 is 16.6 Å². The van der Waals surface area contributed by atoms with Gasteiger partial charge in [0.2, 0.25) is 0 Å². The molecule has 0 fully saturated rings. The predicted octanol–water partition coefficient (Wildman–Crippen LogP) is 4.66. The lowest BCUT2D eigenvalue weighted by Crippen LogP contribution is -2.26. The molecule has 152 valence electrons. The Bertz CT molecular complexity index is 1230. The second-order valence-electron chi connectivity index (χ2n) is 7.37. The quantitative estimate of drug-likeness (QED) is 0.479. The lowest BCUT2D eigenvalue weighted by atomic mass is 10.0. The third-order valence-electron chi connectivity index (χ3n) is 5.25. The van der Waals surface area contributed by atoms with Crippen LogP contribution in [-0.2, 0) is 13.0 Å². The molecule has 0 bridgehead atoms. The van der Waals surface area contributed by atoms with Gasteiger partial charge in [-0.1, -0.05) is 43.3 Å². The van der Waals surface area contributed by atoms with E-state index in [0.717, 1.165) is 41.1 Å². The molecule has 5 heteroatoms. The van der Waals surface area contributed by atoms with Crippen molar-refractivity contribution in [2.24, 2.45) is 0 Å². The molecule has 0 aliphatic rings. The van der Waals surface area contributed by atoms with Gasteiger partial charge in [0.25, 0.3) is 5.56 Å². The van der Waals surface area contributed by atoms with Crippen molar-refractivity contribution < 1.29 is 4.74 Å². The highest BCUT2D eigenvalue weighted by atomic mass is 16.5. The number of benzene rings is 3. The molecule has 0 amide bonds. The third kappa shape index (κ3) is 3.92. The van der Waals surface area contributed by atoms with Crippen LogP contribution in [-0.4, -0.2) is 16.7 Å². The highest BCUT2D eigenvalue weighted by Gasteiger charge is 2.12. The molecular weight excluding hydrogens is 374 g/mol. The molecule has 1 heterocycles. The average Bonchev–Trinajstić information content (AvgIpc) is 2.78. The van der Waals surface area contributed by atoms with Crippen LogP contribution in [0.1, 0.15) is 24.7 Å². The van der Waals surface area contributed by atoms with Gasteiger partial charge in [-0.15, -0.1) is 0 Å². The van der Waals surface area contributed by atoms with Crippen molar-refractivity contribution in [3.05, 3.63) is 88.5 Å². The number of nitrogens with two attached hydrogens (primary N) is 1. The van der Waals surface area contributed by atoms with E-state index < -0.39 is 0 Å². The summed E-state index contributed by atoms with van der Waals surface area (Å²) in [5.74, 6) is 1.64. The molecule has 0 saturated carbocycles. The number of nitrogens with zero attached hydrogens (tertiary/aromatic N) is 2. The van der Waals surface area contributed by atoms with Crippen molar-refractivity contribution in [3.63, 3.8) is 0 Å². The maximum Gasteiger partial charge on any atom is 0.261 e. The fourth-order valence-electron chi connectivity index (χ4n) is 3.63. The van der Waals surface area contributed by atoms with Gasteiger partial charge in [-0.25, -0.2) is 4.98 Å². The Morgan fingerprint density at radius 1 is 0.967 bits per heavy atom. The van der Waals surface area contributed by atoms with Gasteiger partial charge in [0, 0.05) is 12.1 Å². The number of hydrogen-bond donors (Lipinski definition) is 1. The van der Waals surface area contributed by atoms with Crippen LogP contribution in [0.4, 0.5) is 5.69 Å². The number of rotatable bonds is 6. The van der Waals surface area contributed by atoms with Crippen LogP contribution < -0.4 is 16.0 Å². The number of aromatic nitrogens is 2. The van der Waals surface area contributed by atoms with Crippen molar-refractivity contribution in [1.82, 2.24) is 9.55 Å². The zero-order chi connectivity index (χ0) is 21.1. The van der Waals surface area contributed by atoms with Gasteiger partial charge < -0.3 is 10.5 Å². The smallest absolute Gasteiger partial charge is 0.261 e. The minimum Gasteiger partial charge on any atom is -0.497 e. The molecule has 0 unspecified atom stereocenters. The lowest BCUT2D eigenvalue weighted by molar-refractivity contribution is 0.415. The van der Waals surface area contributed by atoms with E-state index in [1.54, 1.807) is 23.8 Å². The number of ether oxygens (including phenoxy) is 1. The summed E-state index contributed by atoms with van der Waals surface area (Å²) in [4.78, 5) is 17.9. The molecule has 0 atom stereocenters. The SMILES string of the molecule is CCCc1nc2ccc(N)cc2c(=O)n1Cc1ccc(-c2ccc(OC)cc2)cc1. The summed E-state index contributed by atoms with van der Waals surface area (Å²) in [5, 5.41) is 0.560. The summed E-state index contributed by atoms with van der Waals surface area (Å²) in [7, 11) is 1.66. The second-order valence-corrected chi connectivity index (χ2v) is 7.37. The molecule has 4 rings (SSSR count). The van der Waals surface area contributed by atoms with E-state index in [2.05, 4.69) is 31.2 Å². The van der Waals surface area contributed by atoms with Gasteiger partial charge in [-0.3, -0.25) is 9.36 Å². The standard InChI is InChI=1S/C25H25N3O2/c1-3-4-24-27-23-14-11-20(26)15-22(23)25(29)28(24)16-17-5-7-18(8-6-17)19-9-12-21(30-2)13-10-19/h5-15H,3-4,16,26H2,1-2H3. The Kier molecular flexibility index (Phi) is 5.53. The normalized spacial score (nSPS) is 11.0. The number of hydrogen-bond acceptors (Lipinski definition) is 4. The van der Waals surface area contributed by atoms with E-state index in [-0.39, 0.29) is 5.56 Å². The molecule has 1 aromatic heterocycles. The number of methoxy groups -OCH3 is 1. The molecule has 5 nitrogen and oxygen atoms in total. The van der Waals surface area contributed by atoms with Crippen LogP contribution in [0.2, 0.25) is 0 Å². The number of anilines is 1. The predicted molar refractivity (Wildman–Crippen MR) is 122 cm³/mol. The fourth-order valence-corrected chi connectivity index (χ4v) is 3.63. The van der Waals surface area contributed by atoms with Gasteiger partial charge in [-0.05, 0) is 53.4 Å². The Labute approximate surface area is 175 Å². The Hall–Kier alpha value is -3.60. The second kappa shape index (κ2) is 8.41. The van der Waals surface area contributed by atoms with Gasteiger partial charge >= 0.3 is 0 Å². The zero-order valence-electron chi connectivity index (χ0n) is 17.3. The molecule has 0 aliphatic heterocycles. The first-order chi connectivity index (χ1) is 14.6. The summed E-state index contributed by atoms with van der Waals surface area (Å²) in [5.41, 5.74) is 10.4. The molecule has 4 aromatic rings. The minimum atomic E-state index is -0.0463. The van der Waals surface area contributed by atoms with Crippen molar-refractivity contribution in [2.45, 2.75) is 26.3 Å². The number of nitrogen functional groups attached to an aromatic ring is 1. The van der Waals surface area contributed by atoms with E-state index in [1.807, 2.05) is 30.3 Å². The van der Waals surface area contributed by atoms with Gasteiger partial charge in [-0.2, -0.15) is 0 Å². The molecule has 2 N–H and O–H groups in total. The molecule has 0 aliphatic carbocycles. The zero-order valence-corrected chi connectivity index (χ0v) is 17.3. The summed E-state index contributed by atoms with van der Waals surface area (Å²) < 4.78 is 7.00. The Balaban J connectivity index is 1.68. The molecular formula is C25H25N3O2. The van der Waals surface area contributed by atoms with Gasteiger partial charge in [0.15, 0.2) is 0 Å². The van der Waals surface area contributed by atoms with E-state index in [4.69, 9.17) is 15.5 Å².